The van der Waals surface area contributed by atoms with Gasteiger partial charge in [0.25, 0.3) is 5.82 Å². The maximum Gasteiger partial charge on any atom is 0.453 e. The zero-order valence-corrected chi connectivity index (χ0v) is 13.1. The van der Waals surface area contributed by atoms with Crippen molar-refractivity contribution in [3.05, 3.63) is 46.0 Å². The monoisotopic (exact) mass is 328 g/mol. The van der Waals surface area contributed by atoms with Gasteiger partial charge in [-0.2, -0.15) is 22.9 Å². The SMILES string of the molecule is CC(C)(C)c1ccc(C=Nn2c(C(F)(F)F)n[nH]c2=S)cc1. The fraction of sp³-hybridized carbons (Fsp3) is 0.357. The highest BCUT2D eigenvalue weighted by Crippen LogP contribution is 2.27. The number of nitrogens with one attached hydrogen (secondary N) is 1. The zero-order valence-electron chi connectivity index (χ0n) is 12.3. The van der Waals surface area contributed by atoms with Crippen LogP contribution >= 0.6 is 12.2 Å². The third kappa shape index (κ3) is 3.62. The average Bonchev–Trinajstić information content (AvgIpc) is 2.77. The van der Waals surface area contributed by atoms with Gasteiger partial charge in [0.05, 0.1) is 6.21 Å². The van der Waals surface area contributed by atoms with E-state index in [2.05, 4.69) is 36.1 Å². The number of aromatic amines is 1. The van der Waals surface area contributed by atoms with E-state index in [1.807, 2.05) is 12.1 Å². The Bertz CT molecular complexity index is 733. The Morgan fingerprint density at radius 1 is 1.18 bits per heavy atom. The molecule has 0 aliphatic carbocycles. The summed E-state index contributed by atoms with van der Waals surface area (Å²) < 4.78 is 38.6. The maximum absolute atomic E-state index is 12.7. The van der Waals surface area contributed by atoms with E-state index < -0.39 is 12.0 Å². The van der Waals surface area contributed by atoms with Crippen LogP contribution in [0.1, 0.15) is 37.7 Å². The van der Waals surface area contributed by atoms with E-state index in [1.54, 1.807) is 12.1 Å². The van der Waals surface area contributed by atoms with E-state index in [9.17, 15) is 13.2 Å². The molecule has 0 aliphatic rings. The minimum Gasteiger partial charge on any atom is -0.250 e. The van der Waals surface area contributed by atoms with Crippen molar-refractivity contribution in [2.45, 2.75) is 32.4 Å². The topological polar surface area (TPSA) is 46.0 Å². The van der Waals surface area contributed by atoms with Crippen molar-refractivity contribution in [1.82, 2.24) is 14.9 Å². The van der Waals surface area contributed by atoms with E-state index in [-0.39, 0.29) is 10.2 Å². The second-order valence-corrected chi connectivity index (χ2v) is 6.17. The number of aromatic nitrogens is 3. The molecule has 0 radical (unpaired) electrons. The van der Waals surface area contributed by atoms with Gasteiger partial charge in [0.15, 0.2) is 0 Å². The Hall–Kier alpha value is -1.96. The van der Waals surface area contributed by atoms with E-state index >= 15 is 0 Å². The number of halogens is 3. The molecule has 4 nitrogen and oxygen atoms in total. The fourth-order valence-corrected chi connectivity index (χ4v) is 1.96. The lowest BCUT2D eigenvalue weighted by Gasteiger charge is -2.18. The maximum atomic E-state index is 12.7. The molecule has 8 heteroatoms. The molecule has 0 atom stereocenters. The molecule has 22 heavy (non-hydrogen) atoms. The number of hydrogen-bond donors (Lipinski definition) is 1. The normalized spacial score (nSPS) is 13.0. The first-order chi connectivity index (χ1) is 10.1. The van der Waals surface area contributed by atoms with Crippen molar-refractivity contribution in [1.29, 1.82) is 0 Å². The molecule has 1 N–H and O–H groups in total. The molecule has 0 saturated heterocycles. The molecule has 118 valence electrons. The molecule has 0 spiro atoms. The Morgan fingerprint density at radius 3 is 2.27 bits per heavy atom. The van der Waals surface area contributed by atoms with E-state index in [4.69, 9.17) is 12.2 Å². The standard InChI is InChI=1S/C14H15F3N4S/c1-13(2,3)10-6-4-9(5-7-10)8-18-21-11(14(15,16)17)19-20-12(21)22/h4-8H,1-3H3,(H,20,22). The number of alkyl halides is 3. The van der Waals surface area contributed by atoms with Crippen LogP contribution in [0.15, 0.2) is 29.4 Å². The third-order valence-electron chi connectivity index (χ3n) is 3.00. The van der Waals surface area contributed by atoms with Crippen LogP contribution in [0.25, 0.3) is 0 Å². The first kappa shape index (κ1) is 16.4. The molecule has 1 heterocycles. The van der Waals surface area contributed by atoms with Crippen LogP contribution in [0.2, 0.25) is 0 Å². The Kier molecular flexibility index (Phi) is 4.23. The highest BCUT2D eigenvalue weighted by Gasteiger charge is 2.37. The summed E-state index contributed by atoms with van der Waals surface area (Å²) in [6.45, 7) is 6.24. The van der Waals surface area contributed by atoms with Crippen LogP contribution in [-0.2, 0) is 11.6 Å². The number of rotatable bonds is 2. The Morgan fingerprint density at radius 2 is 1.77 bits per heavy atom. The molecule has 0 unspecified atom stereocenters. The molecular formula is C14H15F3N4S. The predicted octanol–water partition coefficient (Wildman–Crippen LogP) is 4.14. The van der Waals surface area contributed by atoms with Gasteiger partial charge < -0.3 is 0 Å². The van der Waals surface area contributed by atoms with E-state index in [0.29, 0.717) is 10.2 Å². The van der Waals surface area contributed by atoms with Crippen molar-refractivity contribution in [2.24, 2.45) is 5.10 Å². The van der Waals surface area contributed by atoms with Crippen LogP contribution < -0.4 is 0 Å². The van der Waals surface area contributed by atoms with E-state index in [0.717, 1.165) is 5.56 Å². The summed E-state index contributed by atoms with van der Waals surface area (Å²) in [5.41, 5.74) is 1.80. The summed E-state index contributed by atoms with van der Waals surface area (Å²) in [6.07, 6.45) is -3.31. The van der Waals surface area contributed by atoms with E-state index in [1.165, 1.54) is 6.21 Å². The lowest BCUT2D eigenvalue weighted by molar-refractivity contribution is -0.147. The summed E-state index contributed by atoms with van der Waals surface area (Å²) in [4.78, 5) is 0. The number of nitrogens with zero attached hydrogens (tertiary/aromatic N) is 3. The van der Waals surface area contributed by atoms with Crippen LogP contribution in [0.3, 0.4) is 0 Å². The lowest BCUT2D eigenvalue weighted by Crippen LogP contribution is -2.13. The van der Waals surface area contributed by atoms with Crippen LogP contribution in [-0.4, -0.2) is 21.1 Å². The lowest BCUT2D eigenvalue weighted by atomic mass is 9.87. The van der Waals surface area contributed by atoms with Gasteiger partial charge in [-0.1, -0.05) is 45.0 Å². The van der Waals surface area contributed by atoms with Crippen molar-refractivity contribution >= 4 is 18.4 Å². The predicted molar refractivity (Wildman–Crippen MR) is 80.5 cm³/mol. The van der Waals surface area contributed by atoms with Gasteiger partial charge in [-0.3, -0.25) is 0 Å². The second kappa shape index (κ2) is 5.68. The van der Waals surface area contributed by atoms with Crippen molar-refractivity contribution in [3.63, 3.8) is 0 Å². The molecule has 1 aromatic heterocycles. The molecule has 0 aliphatic heterocycles. The fourth-order valence-electron chi connectivity index (χ4n) is 1.78. The molecule has 0 amide bonds. The smallest absolute Gasteiger partial charge is 0.250 e. The van der Waals surface area contributed by atoms with Gasteiger partial charge >= 0.3 is 6.18 Å². The summed E-state index contributed by atoms with van der Waals surface area (Å²) in [7, 11) is 0. The molecular weight excluding hydrogens is 313 g/mol. The Labute approximate surface area is 130 Å². The quantitative estimate of drug-likeness (QED) is 0.665. The summed E-state index contributed by atoms with van der Waals surface area (Å²) >= 11 is 4.76. The average molecular weight is 328 g/mol. The van der Waals surface area contributed by atoms with Gasteiger partial charge in [0.1, 0.15) is 0 Å². The van der Waals surface area contributed by atoms with Crippen molar-refractivity contribution in [2.75, 3.05) is 0 Å². The number of H-pyrrole nitrogens is 1. The van der Waals surface area contributed by atoms with Gasteiger partial charge in [-0.05, 0) is 28.8 Å². The minimum atomic E-state index is -4.62. The minimum absolute atomic E-state index is 0.00617. The Balaban J connectivity index is 2.30. The van der Waals surface area contributed by atoms with Gasteiger partial charge in [0.2, 0.25) is 4.77 Å². The van der Waals surface area contributed by atoms with Crippen LogP contribution in [0.4, 0.5) is 13.2 Å². The van der Waals surface area contributed by atoms with Crippen molar-refractivity contribution in [3.8, 4) is 0 Å². The highest BCUT2D eigenvalue weighted by atomic mass is 32.1. The first-order valence-corrected chi connectivity index (χ1v) is 6.89. The second-order valence-electron chi connectivity index (χ2n) is 5.78. The third-order valence-corrected chi connectivity index (χ3v) is 3.27. The molecule has 2 aromatic rings. The van der Waals surface area contributed by atoms with Crippen molar-refractivity contribution < 1.29 is 13.2 Å². The molecule has 2 rings (SSSR count). The van der Waals surface area contributed by atoms with Gasteiger partial charge in [-0.25, -0.2) is 5.10 Å². The number of hydrogen-bond acceptors (Lipinski definition) is 3. The first-order valence-electron chi connectivity index (χ1n) is 6.48. The zero-order chi connectivity index (χ0) is 16.5. The van der Waals surface area contributed by atoms with Gasteiger partial charge in [-0.15, -0.1) is 5.10 Å². The van der Waals surface area contributed by atoms with Gasteiger partial charge in [0, 0.05) is 0 Å². The highest BCUT2D eigenvalue weighted by molar-refractivity contribution is 7.71. The number of benzene rings is 1. The van der Waals surface area contributed by atoms with Crippen LogP contribution in [0, 0.1) is 4.77 Å². The summed E-state index contributed by atoms with van der Waals surface area (Å²) in [5.74, 6) is -1.18. The molecule has 0 saturated carbocycles. The summed E-state index contributed by atoms with van der Waals surface area (Å²) in [5, 5.41) is 9.01. The summed E-state index contributed by atoms with van der Waals surface area (Å²) in [6, 6.07) is 7.42. The molecule has 1 aromatic carbocycles. The molecule has 0 fully saturated rings. The largest absolute Gasteiger partial charge is 0.453 e. The molecule has 0 bridgehead atoms. The van der Waals surface area contributed by atoms with Crippen LogP contribution in [0.5, 0.6) is 0 Å².